The molecule has 0 aromatic heterocycles. The van der Waals surface area contributed by atoms with E-state index in [9.17, 15) is 14.7 Å². The van der Waals surface area contributed by atoms with Gasteiger partial charge in [-0.2, -0.15) is 0 Å². The van der Waals surface area contributed by atoms with Gasteiger partial charge >= 0.3 is 11.9 Å². The minimum Gasteiger partial charge on any atom is -0.462 e. The topological polar surface area (TPSA) is 72.8 Å². The van der Waals surface area contributed by atoms with Gasteiger partial charge in [-0.15, -0.1) is 0 Å². The van der Waals surface area contributed by atoms with E-state index < -0.39 is 6.10 Å². The number of aliphatic hydroxyl groups is 1. The Morgan fingerprint density at radius 1 is 0.500 bits per heavy atom. The molecule has 1 unspecified atom stereocenters. The molecule has 0 aliphatic carbocycles. The number of unbranched alkanes of at least 4 members (excludes halogenated alkanes) is 6. The summed E-state index contributed by atoms with van der Waals surface area (Å²) in [5.74, 6) is -0.681. The molecule has 1 atom stereocenters. The van der Waals surface area contributed by atoms with Crippen LogP contribution in [0.3, 0.4) is 0 Å². The lowest BCUT2D eigenvalue weighted by molar-refractivity contribution is -0.161. The number of aliphatic hydroxyl groups excluding tert-OH is 1. The number of carbonyl (C=O) groups excluding carboxylic acids is 2. The van der Waals surface area contributed by atoms with E-state index in [1.54, 1.807) is 0 Å². The summed E-state index contributed by atoms with van der Waals surface area (Å²) >= 11 is 0. The number of ether oxygens (including phenoxy) is 2. The Hall–Kier alpha value is -3.18. The van der Waals surface area contributed by atoms with Gasteiger partial charge in [0.15, 0.2) is 6.10 Å². The van der Waals surface area contributed by atoms with Crippen molar-refractivity contribution in [2.24, 2.45) is 0 Å². The Kier molecular flexibility index (Phi) is 33.8. The van der Waals surface area contributed by atoms with Crippen LogP contribution in [0, 0.1) is 0 Å². The van der Waals surface area contributed by atoms with Crippen molar-refractivity contribution < 1.29 is 24.2 Å². The van der Waals surface area contributed by atoms with Crippen LogP contribution in [0.2, 0.25) is 0 Å². The molecule has 1 N–H and O–H groups in total. The van der Waals surface area contributed by atoms with E-state index in [2.05, 4.69) is 111 Å². The van der Waals surface area contributed by atoms with Crippen LogP contribution in [0.4, 0.5) is 0 Å². The maximum absolute atomic E-state index is 12.1. The highest BCUT2D eigenvalue weighted by atomic mass is 16.6. The van der Waals surface area contributed by atoms with Gasteiger partial charge < -0.3 is 14.6 Å². The molecule has 0 aromatic rings. The van der Waals surface area contributed by atoms with E-state index in [1.165, 1.54) is 0 Å². The molecule has 5 heteroatoms. The number of hydrogen-bond acceptors (Lipinski definition) is 5. The van der Waals surface area contributed by atoms with Gasteiger partial charge in [0.1, 0.15) is 6.61 Å². The van der Waals surface area contributed by atoms with Crippen molar-refractivity contribution in [3.63, 3.8) is 0 Å². The molecular weight excluding hydrogens is 572 g/mol. The van der Waals surface area contributed by atoms with Crippen LogP contribution < -0.4 is 0 Å². The van der Waals surface area contributed by atoms with Crippen molar-refractivity contribution in [2.75, 3.05) is 13.2 Å². The van der Waals surface area contributed by atoms with Crippen molar-refractivity contribution in [3.05, 3.63) is 97.2 Å². The first-order valence-corrected chi connectivity index (χ1v) is 17.8. The summed E-state index contributed by atoms with van der Waals surface area (Å²) in [6, 6.07) is 0. The van der Waals surface area contributed by atoms with Crippen molar-refractivity contribution in [2.45, 2.75) is 136 Å². The molecule has 5 nitrogen and oxygen atoms in total. The van der Waals surface area contributed by atoms with Gasteiger partial charge in [-0.3, -0.25) is 9.59 Å². The number of esters is 2. The summed E-state index contributed by atoms with van der Waals surface area (Å²) < 4.78 is 10.5. The monoisotopic (exact) mass is 636 g/mol. The highest BCUT2D eigenvalue weighted by molar-refractivity contribution is 5.70. The SMILES string of the molecule is CC/C=C\C/C=C\C/C=C\C/C=C\CCCCCCC(=O)OC(CO)COC(=O)CCCC/C=C\C/C=C\C/C=C\C/C=C\CC. The first kappa shape index (κ1) is 42.8. The zero-order valence-corrected chi connectivity index (χ0v) is 29.0. The second-order valence-corrected chi connectivity index (χ2v) is 11.2. The van der Waals surface area contributed by atoms with Gasteiger partial charge in [-0.05, 0) is 89.9 Å². The summed E-state index contributed by atoms with van der Waals surface area (Å²) in [4.78, 5) is 24.2. The second-order valence-electron chi connectivity index (χ2n) is 11.2. The molecule has 0 rings (SSSR count). The van der Waals surface area contributed by atoms with Gasteiger partial charge in [0.2, 0.25) is 0 Å². The molecule has 0 aromatic carbocycles. The lowest BCUT2D eigenvalue weighted by Gasteiger charge is -2.15. The standard InChI is InChI=1S/C41H64O5/c1-3-5-7-9-11-13-15-17-19-20-22-24-26-28-30-32-34-36-41(44)46-39(37-42)38-45-40(43)35-33-31-29-27-25-23-21-18-16-14-12-10-8-6-4-2/h5-8,11-14,17-19,21-22,24-25,27,39,42H,3-4,9-10,15-16,20,23,26,28-38H2,1-2H3/b7-5-,8-6-,13-11-,14-12-,19-17-,21-18-,24-22-,27-25-. The molecule has 0 heterocycles. The third-order valence-corrected chi connectivity index (χ3v) is 6.87. The van der Waals surface area contributed by atoms with Crippen molar-refractivity contribution in [1.82, 2.24) is 0 Å². The van der Waals surface area contributed by atoms with Crippen LogP contribution in [-0.4, -0.2) is 36.4 Å². The van der Waals surface area contributed by atoms with Crippen LogP contribution in [0.25, 0.3) is 0 Å². The molecule has 258 valence electrons. The Labute approximate surface area is 281 Å². The average molecular weight is 637 g/mol. The quantitative estimate of drug-likeness (QED) is 0.0482. The fourth-order valence-corrected chi connectivity index (χ4v) is 4.24. The number of allylic oxidation sites excluding steroid dienone is 16. The molecule has 0 aliphatic rings. The molecule has 0 bridgehead atoms. The predicted molar refractivity (Wildman–Crippen MR) is 195 cm³/mol. The minimum atomic E-state index is -0.806. The number of carbonyl (C=O) groups is 2. The largest absolute Gasteiger partial charge is 0.462 e. The Morgan fingerprint density at radius 3 is 1.33 bits per heavy atom. The normalized spacial score (nSPS) is 13.4. The van der Waals surface area contributed by atoms with Crippen molar-refractivity contribution in [1.29, 1.82) is 0 Å². The van der Waals surface area contributed by atoms with Crippen LogP contribution in [0.1, 0.15) is 129 Å². The molecule has 0 fully saturated rings. The Bertz CT molecular complexity index is 948. The summed E-state index contributed by atoms with van der Waals surface area (Å²) in [5, 5.41) is 9.52. The summed E-state index contributed by atoms with van der Waals surface area (Å²) in [5.41, 5.74) is 0. The lowest BCUT2D eigenvalue weighted by atomic mass is 10.1. The first-order valence-electron chi connectivity index (χ1n) is 17.8. The highest BCUT2D eigenvalue weighted by Crippen LogP contribution is 2.09. The van der Waals surface area contributed by atoms with Crippen molar-refractivity contribution in [3.8, 4) is 0 Å². The molecule has 0 saturated carbocycles. The van der Waals surface area contributed by atoms with Crippen LogP contribution in [0.5, 0.6) is 0 Å². The second kappa shape index (κ2) is 36.3. The fourth-order valence-electron chi connectivity index (χ4n) is 4.24. The van der Waals surface area contributed by atoms with E-state index in [0.717, 1.165) is 103 Å². The van der Waals surface area contributed by atoms with Crippen molar-refractivity contribution >= 4 is 11.9 Å². The zero-order chi connectivity index (χ0) is 33.6. The molecule has 46 heavy (non-hydrogen) atoms. The maximum Gasteiger partial charge on any atom is 0.306 e. The molecule has 0 spiro atoms. The molecule has 0 saturated heterocycles. The van der Waals surface area contributed by atoms with Gasteiger partial charge in [0, 0.05) is 12.8 Å². The van der Waals surface area contributed by atoms with Gasteiger partial charge in [0.25, 0.3) is 0 Å². The lowest BCUT2D eigenvalue weighted by Crippen LogP contribution is -2.28. The summed E-state index contributed by atoms with van der Waals surface area (Å²) in [7, 11) is 0. The zero-order valence-electron chi connectivity index (χ0n) is 29.0. The molecule has 0 amide bonds. The van der Waals surface area contributed by atoms with Crippen LogP contribution in [0.15, 0.2) is 97.2 Å². The predicted octanol–water partition coefficient (Wildman–Crippen LogP) is 10.9. The first-order chi connectivity index (χ1) is 22.6. The molecular formula is C41H64O5. The third-order valence-electron chi connectivity index (χ3n) is 6.87. The van der Waals surface area contributed by atoms with E-state index in [0.29, 0.717) is 12.8 Å². The van der Waals surface area contributed by atoms with E-state index >= 15 is 0 Å². The minimum absolute atomic E-state index is 0.104. The van der Waals surface area contributed by atoms with E-state index in [-0.39, 0.29) is 25.2 Å². The smallest absolute Gasteiger partial charge is 0.306 e. The van der Waals surface area contributed by atoms with E-state index in [1.807, 2.05) is 0 Å². The number of hydrogen-bond donors (Lipinski definition) is 1. The van der Waals surface area contributed by atoms with Crippen LogP contribution >= 0.6 is 0 Å². The summed E-state index contributed by atoms with van der Waals surface area (Å²) in [6.45, 7) is 3.82. The average Bonchev–Trinajstić information content (AvgIpc) is 3.06. The Balaban J connectivity index is 3.74. The summed E-state index contributed by atoms with van der Waals surface area (Å²) in [6.07, 6.45) is 50.3. The van der Waals surface area contributed by atoms with E-state index in [4.69, 9.17) is 9.47 Å². The molecule has 0 radical (unpaired) electrons. The fraction of sp³-hybridized carbons (Fsp3) is 0.561. The highest BCUT2D eigenvalue weighted by Gasteiger charge is 2.16. The Morgan fingerprint density at radius 2 is 0.870 bits per heavy atom. The van der Waals surface area contributed by atoms with Gasteiger partial charge in [-0.25, -0.2) is 0 Å². The van der Waals surface area contributed by atoms with Crippen LogP contribution in [-0.2, 0) is 19.1 Å². The third kappa shape index (κ3) is 33.7. The van der Waals surface area contributed by atoms with Gasteiger partial charge in [0.05, 0.1) is 6.61 Å². The number of rotatable bonds is 30. The molecule has 0 aliphatic heterocycles. The van der Waals surface area contributed by atoms with Gasteiger partial charge in [-0.1, -0.05) is 124 Å². The maximum atomic E-state index is 12.1.